The number of fused-ring (bicyclic) bond motifs is 3. The number of carboxylic acids is 1. The molecule has 3 aromatic rings. The van der Waals surface area contributed by atoms with E-state index in [1.807, 2.05) is 36.4 Å². The number of benzene rings is 3. The molecule has 0 aromatic heterocycles. The average Bonchev–Trinajstić information content (AvgIpc) is 3.18. The lowest BCUT2D eigenvalue weighted by atomic mass is 9.98. The van der Waals surface area contributed by atoms with Crippen LogP contribution in [-0.4, -0.2) is 36.2 Å². The van der Waals surface area contributed by atoms with E-state index in [9.17, 15) is 19.5 Å². The Bertz CT molecular complexity index is 1230. The number of alkyl carbamates (subject to hydrolysis) is 1. The van der Waals surface area contributed by atoms with Crippen molar-refractivity contribution in [2.75, 3.05) is 13.2 Å². The predicted octanol–water partition coefficient (Wildman–Crippen LogP) is 3.47. The zero-order valence-electron chi connectivity index (χ0n) is 18.2. The second-order valence-electron chi connectivity index (χ2n) is 7.64. The number of hydrogen-bond donors (Lipinski definition) is 3. The summed E-state index contributed by atoms with van der Waals surface area (Å²) in [6, 6.07) is 23.2. The van der Waals surface area contributed by atoms with Gasteiger partial charge in [0.2, 0.25) is 0 Å². The molecule has 34 heavy (non-hydrogen) atoms. The highest BCUT2D eigenvalue weighted by Gasteiger charge is 2.29. The Morgan fingerprint density at radius 2 is 1.47 bits per heavy atom. The van der Waals surface area contributed by atoms with Gasteiger partial charge in [0.15, 0.2) is 6.04 Å². The van der Waals surface area contributed by atoms with Crippen LogP contribution >= 0.6 is 0 Å². The molecule has 0 spiro atoms. The van der Waals surface area contributed by atoms with E-state index in [0.29, 0.717) is 5.56 Å². The second kappa shape index (κ2) is 10.4. The van der Waals surface area contributed by atoms with Crippen molar-refractivity contribution in [3.05, 3.63) is 95.6 Å². The summed E-state index contributed by atoms with van der Waals surface area (Å²) >= 11 is 0. The van der Waals surface area contributed by atoms with E-state index in [0.717, 1.165) is 22.3 Å². The van der Waals surface area contributed by atoms with Crippen LogP contribution < -0.4 is 10.6 Å². The van der Waals surface area contributed by atoms with Crippen LogP contribution in [0.3, 0.4) is 0 Å². The van der Waals surface area contributed by atoms with Gasteiger partial charge in [-0.25, -0.2) is 9.59 Å². The van der Waals surface area contributed by atoms with Crippen LogP contribution in [0.25, 0.3) is 11.1 Å². The fraction of sp³-hybridized carbons (Fsp3) is 0.148. The second-order valence-corrected chi connectivity index (χ2v) is 7.64. The Morgan fingerprint density at radius 1 is 0.882 bits per heavy atom. The van der Waals surface area contributed by atoms with Crippen molar-refractivity contribution in [1.82, 2.24) is 10.6 Å². The smallest absolute Gasteiger partial charge is 0.407 e. The molecule has 3 N–H and O–H groups in total. The number of amides is 2. The van der Waals surface area contributed by atoms with Gasteiger partial charge in [0, 0.05) is 5.92 Å². The minimum absolute atomic E-state index is 0.0547. The maximum atomic E-state index is 12.1. The molecule has 0 unspecified atom stereocenters. The van der Waals surface area contributed by atoms with Crippen LogP contribution in [0.1, 0.15) is 28.7 Å². The highest BCUT2D eigenvalue weighted by Crippen LogP contribution is 2.44. The van der Waals surface area contributed by atoms with Crippen LogP contribution in [0.5, 0.6) is 0 Å². The third-order valence-electron chi connectivity index (χ3n) is 5.52. The van der Waals surface area contributed by atoms with E-state index in [2.05, 4.69) is 34.6 Å². The summed E-state index contributed by atoms with van der Waals surface area (Å²) in [5, 5.41) is 14.2. The lowest BCUT2D eigenvalue weighted by Crippen LogP contribution is -2.33. The van der Waals surface area contributed by atoms with Crippen molar-refractivity contribution in [2.24, 2.45) is 0 Å². The van der Waals surface area contributed by atoms with Crippen molar-refractivity contribution in [1.29, 1.82) is 0 Å². The van der Waals surface area contributed by atoms with Crippen LogP contribution in [0.15, 0.2) is 78.9 Å². The third-order valence-corrected chi connectivity index (χ3v) is 5.52. The highest BCUT2D eigenvalue weighted by molar-refractivity contribution is 5.96. The standard InChI is InChI=1S/C27H22N2O5/c30-24(29-25(26(31)32)18-9-2-1-3-10-18)15-8-16-28-27(33)34-17-23-21-13-6-4-11-19(21)20-12-5-7-14-22(20)23/h1-7,9-14,23,25H,16-17H2,(H,28,33)(H,29,30)(H,31,32)/t25-/m1/s1. The van der Waals surface area contributed by atoms with E-state index in [4.69, 9.17) is 4.74 Å². The minimum atomic E-state index is -1.21. The number of ether oxygens (including phenoxy) is 1. The summed E-state index contributed by atoms with van der Waals surface area (Å²) in [5.74, 6) is 2.78. The van der Waals surface area contributed by atoms with Gasteiger partial charge in [0.1, 0.15) is 6.61 Å². The molecule has 1 aliphatic carbocycles. The Labute approximate surface area is 196 Å². The largest absolute Gasteiger partial charge is 0.479 e. The fourth-order valence-corrected chi connectivity index (χ4v) is 3.99. The molecular formula is C27H22N2O5. The summed E-state index contributed by atoms with van der Waals surface area (Å²) in [7, 11) is 0. The first-order chi connectivity index (χ1) is 16.5. The van der Waals surface area contributed by atoms with Crippen molar-refractivity contribution in [2.45, 2.75) is 12.0 Å². The Hall–Kier alpha value is -4.57. The summed E-state index contributed by atoms with van der Waals surface area (Å²) < 4.78 is 5.40. The first kappa shape index (κ1) is 22.6. The SMILES string of the molecule is O=C(C#CCNC(=O)OCC1c2ccccc2-c2ccccc21)N[C@@H](C(=O)O)c1ccccc1. The predicted molar refractivity (Wildman–Crippen MR) is 126 cm³/mol. The Morgan fingerprint density at radius 3 is 2.09 bits per heavy atom. The number of carbonyl (C=O) groups excluding carboxylic acids is 2. The minimum Gasteiger partial charge on any atom is -0.479 e. The number of carbonyl (C=O) groups is 3. The average molecular weight is 454 g/mol. The molecule has 1 aliphatic rings. The van der Waals surface area contributed by atoms with E-state index in [1.54, 1.807) is 30.3 Å². The molecule has 0 saturated carbocycles. The van der Waals surface area contributed by atoms with Gasteiger partial charge in [-0.2, -0.15) is 0 Å². The zero-order chi connectivity index (χ0) is 23.9. The number of hydrogen-bond acceptors (Lipinski definition) is 4. The fourth-order valence-electron chi connectivity index (χ4n) is 3.99. The maximum absolute atomic E-state index is 12.1. The van der Waals surface area contributed by atoms with Crippen LogP contribution in [-0.2, 0) is 14.3 Å². The van der Waals surface area contributed by atoms with Gasteiger partial charge in [-0.3, -0.25) is 4.79 Å². The highest BCUT2D eigenvalue weighted by atomic mass is 16.5. The Balaban J connectivity index is 1.28. The van der Waals surface area contributed by atoms with Crippen LogP contribution in [0.4, 0.5) is 4.79 Å². The molecule has 2 amide bonds. The molecule has 7 heteroatoms. The van der Waals surface area contributed by atoms with E-state index in [1.165, 1.54) is 0 Å². The molecule has 0 fully saturated rings. The first-order valence-corrected chi connectivity index (χ1v) is 10.7. The van der Waals surface area contributed by atoms with Crippen molar-refractivity contribution in [3.8, 4) is 23.0 Å². The molecule has 7 nitrogen and oxygen atoms in total. The summed E-state index contributed by atoms with van der Waals surface area (Å²) in [5.41, 5.74) is 4.93. The summed E-state index contributed by atoms with van der Waals surface area (Å²) in [6.45, 7) is 0.0539. The topological polar surface area (TPSA) is 105 Å². The quantitative estimate of drug-likeness (QED) is 0.495. The number of nitrogens with one attached hydrogen (secondary N) is 2. The molecular weight excluding hydrogens is 432 g/mol. The summed E-state index contributed by atoms with van der Waals surface area (Å²) in [4.78, 5) is 35.6. The van der Waals surface area contributed by atoms with E-state index in [-0.39, 0.29) is 19.1 Å². The molecule has 0 heterocycles. The lowest BCUT2D eigenvalue weighted by Gasteiger charge is -2.14. The lowest BCUT2D eigenvalue weighted by molar-refractivity contribution is -0.141. The summed E-state index contributed by atoms with van der Waals surface area (Å²) in [6.07, 6.45) is -0.649. The van der Waals surface area contributed by atoms with Gasteiger partial charge < -0.3 is 20.5 Å². The molecule has 0 aliphatic heterocycles. The number of rotatable bonds is 6. The van der Waals surface area contributed by atoms with Crippen LogP contribution in [0.2, 0.25) is 0 Å². The van der Waals surface area contributed by atoms with Crippen molar-refractivity contribution < 1.29 is 24.2 Å². The van der Waals surface area contributed by atoms with Crippen molar-refractivity contribution >= 4 is 18.0 Å². The Kier molecular flexibility index (Phi) is 6.89. The molecule has 0 saturated heterocycles. The van der Waals surface area contributed by atoms with E-state index >= 15 is 0 Å². The zero-order valence-corrected chi connectivity index (χ0v) is 18.2. The van der Waals surface area contributed by atoms with Gasteiger partial charge >= 0.3 is 12.1 Å². The van der Waals surface area contributed by atoms with Gasteiger partial charge in [-0.1, -0.05) is 84.8 Å². The monoisotopic (exact) mass is 454 g/mol. The molecule has 170 valence electrons. The van der Waals surface area contributed by atoms with Crippen LogP contribution in [0, 0.1) is 11.8 Å². The molecule has 1 atom stereocenters. The molecule has 0 radical (unpaired) electrons. The number of aliphatic carboxylic acids is 1. The normalized spacial score (nSPS) is 12.4. The molecule has 3 aromatic carbocycles. The van der Waals surface area contributed by atoms with Gasteiger partial charge in [-0.05, 0) is 33.7 Å². The van der Waals surface area contributed by atoms with E-state index < -0.39 is 24.0 Å². The molecule has 4 rings (SSSR count). The van der Waals surface area contributed by atoms with Gasteiger partial charge in [0.05, 0.1) is 6.54 Å². The van der Waals surface area contributed by atoms with Gasteiger partial charge in [0.25, 0.3) is 5.91 Å². The maximum Gasteiger partial charge on any atom is 0.407 e. The van der Waals surface area contributed by atoms with Crippen molar-refractivity contribution in [3.63, 3.8) is 0 Å². The number of carboxylic acid groups (broad SMARTS) is 1. The first-order valence-electron chi connectivity index (χ1n) is 10.7. The third kappa shape index (κ3) is 5.08. The van der Waals surface area contributed by atoms with Gasteiger partial charge in [-0.15, -0.1) is 0 Å². The molecule has 0 bridgehead atoms.